The van der Waals surface area contributed by atoms with Gasteiger partial charge in [-0.1, -0.05) is 115 Å². The van der Waals surface area contributed by atoms with E-state index in [0.29, 0.717) is 5.22 Å². The summed E-state index contributed by atoms with van der Waals surface area (Å²) >= 11 is 1.63. The van der Waals surface area contributed by atoms with Crippen molar-refractivity contribution >= 4 is 22.5 Å². The average Bonchev–Trinajstić information content (AvgIpc) is 3.23. The Morgan fingerprint density at radius 1 is 0.655 bits per heavy atom. The average molecular weight is 394 g/mol. The van der Waals surface area contributed by atoms with Gasteiger partial charge in [-0.2, -0.15) is 0 Å². The van der Waals surface area contributed by atoms with Crippen molar-refractivity contribution in [3.8, 4) is 22.6 Å². The lowest BCUT2D eigenvalue weighted by atomic mass is 10.1. The molecule has 0 spiro atoms. The second-order valence-electron chi connectivity index (χ2n) is 6.82. The molecule has 0 fully saturated rings. The van der Waals surface area contributed by atoms with E-state index in [-0.39, 0.29) is 0 Å². The Balaban J connectivity index is 1.50. The molecule has 0 atom stereocenters. The molecule has 3 heteroatoms. The number of hydrogen-bond acceptors (Lipinski definition) is 3. The van der Waals surface area contributed by atoms with Crippen molar-refractivity contribution < 1.29 is 4.42 Å². The summed E-state index contributed by atoms with van der Waals surface area (Å²) < 4.78 is 6.24. The monoisotopic (exact) mass is 393 g/mol. The summed E-state index contributed by atoms with van der Waals surface area (Å²) in [6.45, 7) is 0. The van der Waals surface area contributed by atoms with E-state index in [9.17, 15) is 0 Å². The van der Waals surface area contributed by atoms with Gasteiger partial charge in [0.25, 0.3) is 5.22 Å². The Morgan fingerprint density at radius 2 is 1.31 bits per heavy atom. The van der Waals surface area contributed by atoms with Crippen molar-refractivity contribution in [2.45, 2.75) is 11.0 Å². The van der Waals surface area contributed by atoms with Crippen molar-refractivity contribution in [2.24, 2.45) is 0 Å². The number of hydrogen-bond donors (Lipinski definition) is 0. The Bertz CT molecular complexity index is 1180. The third kappa shape index (κ3) is 3.69. The highest BCUT2D eigenvalue weighted by Crippen LogP contribution is 2.36. The van der Waals surface area contributed by atoms with E-state index in [1.165, 1.54) is 16.3 Å². The van der Waals surface area contributed by atoms with E-state index >= 15 is 0 Å². The minimum absolute atomic E-state index is 0.690. The Hall–Kier alpha value is -3.30. The third-order valence-corrected chi connectivity index (χ3v) is 5.80. The van der Waals surface area contributed by atoms with Crippen LogP contribution >= 0.6 is 11.8 Å². The topological polar surface area (TPSA) is 26.0 Å². The highest BCUT2D eigenvalue weighted by Gasteiger charge is 2.17. The predicted octanol–water partition coefficient (Wildman–Crippen LogP) is 7.45. The minimum atomic E-state index is 0.690. The van der Waals surface area contributed by atoms with E-state index in [0.717, 1.165) is 28.3 Å². The van der Waals surface area contributed by atoms with E-state index in [1.807, 2.05) is 36.4 Å². The standard InChI is InChI=1S/C26H19NOS/c1-3-11-20(12-4-1)24-25(21-13-5-2-6-14-21)28-26(27-24)29-18-22-16-9-15-19-10-7-8-17-23(19)22/h1-17H,18H2. The molecule has 0 aliphatic heterocycles. The van der Waals surface area contributed by atoms with Crippen LogP contribution < -0.4 is 0 Å². The van der Waals surface area contributed by atoms with Gasteiger partial charge < -0.3 is 4.42 Å². The van der Waals surface area contributed by atoms with E-state index < -0.39 is 0 Å². The fraction of sp³-hybridized carbons (Fsp3) is 0.0385. The van der Waals surface area contributed by atoms with Crippen LogP contribution in [0.5, 0.6) is 0 Å². The van der Waals surface area contributed by atoms with Gasteiger partial charge in [0.2, 0.25) is 0 Å². The molecule has 0 amide bonds. The molecule has 4 aromatic carbocycles. The lowest BCUT2D eigenvalue weighted by Gasteiger charge is -2.04. The zero-order chi connectivity index (χ0) is 19.5. The number of oxazole rings is 1. The smallest absolute Gasteiger partial charge is 0.257 e. The van der Waals surface area contributed by atoms with Crippen LogP contribution in [0, 0.1) is 0 Å². The lowest BCUT2D eigenvalue weighted by molar-refractivity contribution is 0.466. The molecule has 0 aliphatic carbocycles. The molecule has 2 nitrogen and oxygen atoms in total. The van der Waals surface area contributed by atoms with E-state index in [1.54, 1.807) is 11.8 Å². The molecule has 0 saturated heterocycles. The van der Waals surface area contributed by atoms with Crippen molar-refractivity contribution in [3.05, 3.63) is 109 Å². The van der Waals surface area contributed by atoms with Gasteiger partial charge >= 0.3 is 0 Å². The molecular formula is C26H19NOS. The summed E-state index contributed by atoms with van der Waals surface area (Å²) in [5, 5.41) is 3.23. The molecule has 29 heavy (non-hydrogen) atoms. The highest BCUT2D eigenvalue weighted by atomic mass is 32.2. The molecule has 0 aliphatic rings. The van der Waals surface area contributed by atoms with Crippen LogP contribution in [0.4, 0.5) is 0 Å². The van der Waals surface area contributed by atoms with Gasteiger partial charge in [0, 0.05) is 16.9 Å². The molecule has 1 aromatic heterocycles. The summed E-state index contributed by atoms with van der Waals surface area (Å²) in [4.78, 5) is 4.85. The quantitative estimate of drug-likeness (QED) is 0.290. The first-order valence-corrected chi connectivity index (χ1v) is 10.6. The normalized spacial score (nSPS) is 11.0. The van der Waals surface area contributed by atoms with Crippen molar-refractivity contribution in [2.75, 3.05) is 0 Å². The Morgan fingerprint density at radius 3 is 2.10 bits per heavy atom. The summed E-state index contributed by atoms with van der Waals surface area (Å²) in [5.41, 5.74) is 4.27. The van der Waals surface area contributed by atoms with Crippen LogP contribution in [0.15, 0.2) is 113 Å². The zero-order valence-corrected chi connectivity index (χ0v) is 16.6. The van der Waals surface area contributed by atoms with Crippen LogP contribution in [-0.4, -0.2) is 4.98 Å². The van der Waals surface area contributed by atoms with Crippen LogP contribution in [0.1, 0.15) is 5.56 Å². The molecule has 5 aromatic rings. The SMILES string of the molecule is c1ccc(-c2nc(SCc3cccc4ccccc34)oc2-c2ccccc2)cc1. The van der Waals surface area contributed by atoms with Crippen LogP contribution in [0.2, 0.25) is 0 Å². The minimum Gasteiger partial charge on any atom is -0.431 e. The molecule has 0 N–H and O–H groups in total. The van der Waals surface area contributed by atoms with Gasteiger partial charge in [0.05, 0.1) is 0 Å². The molecule has 5 rings (SSSR count). The van der Waals surface area contributed by atoms with E-state index in [2.05, 4.69) is 66.7 Å². The van der Waals surface area contributed by atoms with Crippen molar-refractivity contribution in [1.29, 1.82) is 0 Å². The van der Waals surface area contributed by atoms with Crippen LogP contribution in [-0.2, 0) is 5.75 Å². The first-order valence-electron chi connectivity index (χ1n) is 9.59. The lowest BCUT2D eigenvalue weighted by Crippen LogP contribution is -1.84. The number of benzene rings is 4. The van der Waals surface area contributed by atoms with Gasteiger partial charge in [-0.15, -0.1) is 0 Å². The Labute approximate surface area is 174 Å². The fourth-order valence-electron chi connectivity index (χ4n) is 3.50. The maximum Gasteiger partial charge on any atom is 0.257 e. The molecular weight excluding hydrogens is 374 g/mol. The second kappa shape index (κ2) is 7.98. The first kappa shape index (κ1) is 17.8. The van der Waals surface area contributed by atoms with Gasteiger partial charge in [-0.05, 0) is 16.3 Å². The molecule has 0 bridgehead atoms. The van der Waals surface area contributed by atoms with Gasteiger partial charge in [0.1, 0.15) is 5.69 Å². The number of aromatic nitrogens is 1. The van der Waals surface area contributed by atoms with Crippen LogP contribution in [0.25, 0.3) is 33.4 Å². The molecule has 140 valence electrons. The second-order valence-corrected chi connectivity index (χ2v) is 7.74. The molecule has 1 heterocycles. The van der Waals surface area contributed by atoms with Crippen LogP contribution in [0.3, 0.4) is 0 Å². The fourth-order valence-corrected chi connectivity index (χ4v) is 4.33. The maximum absolute atomic E-state index is 6.24. The van der Waals surface area contributed by atoms with Gasteiger partial charge in [-0.25, -0.2) is 4.98 Å². The summed E-state index contributed by atoms with van der Waals surface area (Å²) in [6, 6.07) is 35.3. The predicted molar refractivity (Wildman–Crippen MR) is 121 cm³/mol. The number of nitrogens with zero attached hydrogens (tertiary/aromatic N) is 1. The van der Waals surface area contributed by atoms with Gasteiger partial charge in [0.15, 0.2) is 5.76 Å². The number of rotatable bonds is 5. The molecule has 0 radical (unpaired) electrons. The van der Waals surface area contributed by atoms with Crippen molar-refractivity contribution in [1.82, 2.24) is 4.98 Å². The van der Waals surface area contributed by atoms with Crippen molar-refractivity contribution in [3.63, 3.8) is 0 Å². The summed E-state index contributed by atoms with van der Waals surface area (Å²) in [5.74, 6) is 1.63. The zero-order valence-electron chi connectivity index (χ0n) is 15.8. The largest absolute Gasteiger partial charge is 0.431 e. The third-order valence-electron chi connectivity index (χ3n) is 4.92. The number of thioether (sulfide) groups is 1. The summed E-state index contributed by atoms with van der Waals surface area (Å²) in [6.07, 6.45) is 0. The van der Waals surface area contributed by atoms with Gasteiger partial charge in [-0.3, -0.25) is 0 Å². The van der Waals surface area contributed by atoms with E-state index in [4.69, 9.17) is 9.40 Å². The summed E-state index contributed by atoms with van der Waals surface area (Å²) in [7, 11) is 0. The highest BCUT2D eigenvalue weighted by molar-refractivity contribution is 7.98. The first-order chi connectivity index (χ1) is 14.4. The maximum atomic E-state index is 6.24. The number of fused-ring (bicyclic) bond motifs is 1. The Kier molecular flexibility index (Phi) is 4.89. The molecule has 0 unspecified atom stereocenters. The molecule has 0 saturated carbocycles.